The molecule has 0 saturated carbocycles. The number of carbonyl (C=O) groups excluding carboxylic acids is 2. The molecule has 4 rings (SSSR count). The number of aromatic amines is 1. The van der Waals surface area contributed by atoms with E-state index in [2.05, 4.69) is 15.5 Å². The minimum absolute atomic E-state index is 0.0864. The molecule has 0 fully saturated rings. The summed E-state index contributed by atoms with van der Waals surface area (Å²) in [6, 6.07) is 12.5. The fourth-order valence-corrected chi connectivity index (χ4v) is 4.50. The minimum Gasteiger partial charge on any atom is -0.383 e. The van der Waals surface area contributed by atoms with Crippen molar-refractivity contribution >= 4 is 29.0 Å². The number of methoxy groups -OCH3 is 1. The van der Waals surface area contributed by atoms with E-state index in [0.29, 0.717) is 24.5 Å². The van der Waals surface area contributed by atoms with E-state index < -0.39 is 12.0 Å². The maximum Gasteiger partial charge on any atom is 0.254 e. The Morgan fingerprint density at radius 1 is 1.29 bits per heavy atom. The van der Waals surface area contributed by atoms with Gasteiger partial charge in [0.1, 0.15) is 5.82 Å². The van der Waals surface area contributed by atoms with E-state index in [1.54, 1.807) is 30.3 Å². The highest BCUT2D eigenvalue weighted by molar-refractivity contribution is 7.10. The molecule has 1 aliphatic heterocycles. The van der Waals surface area contributed by atoms with E-state index in [4.69, 9.17) is 4.74 Å². The zero-order valence-electron chi connectivity index (χ0n) is 15.3. The first-order valence-corrected chi connectivity index (χ1v) is 9.81. The van der Waals surface area contributed by atoms with E-state index >= 15 is 0 Å². The van der Waals surface area contributed by atoms with Gasteiger partial charge in [-0.05, 0) is 23.1 Å². The number of rotatable bonds is 6. The summed E-state index contributed by atoms with van der Waals surface area (Å²) in [7, 11) is 1.60. The molecule has 7 nitrogen and oxygen atoms in total. The third-order valence-electron chi connectivity index (χ3n) is 4.85. The number of hydrogen-bond acceptors (Lipinski definition) is 5. The van der Waals surface area contributed by atoms with Gasteiger partial charge in [-0.3, -0.25) is 14.7 Å². The Balaban J connectivity index is 1.81. The summed E-state index contributed by atoms with van der Waals surface area (Å²) >= 11 is 1.54. The van der Waals surface area contributed by atoms with E-state index in [0.717, 1.165) is 10.4 Å². The molecule has 0 spiro atoms. The number of benzene rings is 1. The van der Waals surface area contributed by atoms with Crippen molar-refractivity contribution in [1.82, 2.24) is 15.1 Å². The molecule has 0 radical (unpaired) electrons. The molecular formula is C20H20N4O3S. The quantitative estimate of drug-likeness (QED) is 0.670. The SMILES string of the molecule is COCCN1C(=O)c2ccccc2C(C(=O)Nc2ccn[nH]2)C1c1cccs1. The van der Waals surface area contributed by atoms with E-state index in [-0.39, 0.29) is 11.8 Å². The monoisotopic (exact) mass is 396 g/mol. The summed E-state index contributed by atoms with van der Waals surface area (Å²) in [4.78, 5) is 29.3. The van der Waals surface area contributed by atoms with Crippen molar-refractivity contribution in [1.29, 1.82) is 0 Å². The number of amides is 2. The molecule has 1 aliphatic rings. The Morgan fingerprint density at radius 2 is 2.14 bits per heavy atom. The number of hydrogen-bond donors (Lipinski definition) is 2. The van der Waals surface area contributed by atoms with Crippen LogP contribution in [0, 0.1) is 0 Å². The summed E-state index contributed by atoms with van der Waals surface area (Å²) in [5.41, 5.74) is 1.28. The van der Waals surface area contributed by atoms with Crippen LogP contribution in [0.15, 0.2) is 54.0 Å². The van der Waals surface area contributed by atoms with Crippen LogP contribution in [0.5, 0.6) is 0 Å². The topological polar surface area (TPSA) is 87.3 Å². The Hall–Kier alpha value is -2.97. The molecule has 2 aromatic heterocycles. The highest BCUT2D eigenvalue weighted by atomic mass is 32.1. The van der Waals surface area contributed by atoms with Crippen LogP contribution in [0.25, 0.3) is 0 Å². The molecule has 2 unspecified atom stereocenters. The lowest BCUT2D eigenvalue weighted by atomic mass is 9.81. The van der Waals surface area contributed by atoms with Gasteiger partial charge in [0.25, 0.3) is 5.91 Å². The summed E-state index contributed by atoms with van der Waals surface area (Å²) in [5, 5.41) is 11.5. The van der Waals surface area contributed by atoms with Crippen LogP contribution in [0.2, 0.25) is 0 Å². The predicted molar refractivity (Wildman–Crippen MR) is 106 cm³/mol. The molecular weight excluding hydrogens is 376 g/mol. The van der Waals surface area contributed by atoms with Crippen molar-refractivity contribution < 1.29 is 14.3 Å². The molecule has 1 aromatic carbocycles. The number of nitrogens with zero attached hydrogens (tertiary/aromatic N) is 2. The van der Waals surface area contributed by atoms with Crippen LogP contribution in [-0.2, 0) is 9.53 Å². The van der Waals surface area contributed by atoms with Gasteiger partial charge < -0.3 is 15.0 Å². The van der Waals surface area contributed by atoms with Crippen molar-refractivity contribution in [2.45, 2.75) is 12.0 Å². The van der Waals surface area contributed by atoms with Crippen molar-refractivity contribution in [3.05, 3.63) is 70.0 Å². The molecule has 8 heteroatoms. The first-order valence-electron chi connectivity index (χ1n) is 8.93. The fraction of sp³-hybridized carbons (Fsp3) is 0.250. The van der Waals surface area contributed by atoms with Crippen molar-refractivity contribution in [3.63, 3.8) is 0 Å². The molecule has 2 amide bonds. The third kappa shape index (κ3) is 3.32. The van der Waals surface area contributed by atoms with Crippen LogP contribution < -0.4 is 5.32 Å². The number of nitrogens with one attached hydrogen (secondary N) is 2. The average Bonchev–Trinajstić information content (AvgIpc) is 3.41. The van der Waals surface area contributed by atoms with Gasteiger partial charge in [0.05, 0.1) is 24.8 Å². The summed E-state index contributed by atoms with van der Waals surface area (Å²) < 4.78 is 5.22. The standard InChI is InChI=1S/C20H20N4O3S/c1-27-11-10-24-18(15-7-4-12-28-15)17(19(25)22-16-8-9-21-23-16)13-5-2-3-6-14(13)20(24)26/h2-9,12,17-18H,10-11H2,1H3,(H2,21,22,23,25). The van der Waals surface area contributed by atoms with Gasteiger partial charge in [0.2, 0.25) is 5.91 Å². The van der Waals surface area contributed by atoms with Gasteiger partial charge in [-0.15, -0.1) is 11.3 Å². The van der Waals surface area contributed by atoms with Crippen LogP contribution >= 0.6 is 11.3 Å². The molecule has 0 aliphatic carbocycles. The predicted octanol–water partition coefficient (Wildman–Crippen LogP) is 3.04. The Bertz CT molecular complexity index is 956. The van der Waals surface area contributed by atoms with Crippen molar-refractivity contribution in [2.75, 3.05) is 25.6 Å². The average molecular weight is 396 g/mol. The highest BCUT2D eigenvalue weighted by Crippen LogP contribution is 2.44. The van der Waals surface area contributed by atoms with Gasteiger partial charge in [0, 0.05) is 30.2 Å². The minimum atomic E-state index is -0.548. The summed E-state index contributed by atoms with van der Waals surface area (Å²) in [6.45, 7) is 0.796. The number of H-pyrrole nitrogens is 1. The molecule has 28 heavy (non-hydrogen) atoms. The first kappa shape index (κ1) is 18.4. The van der Waals surface area contributed by atoms with Crippen LogP contribution in [0.3, 0.4) is 0 Å². The third-order valence-corrected chi connectivity index (χ3v) is 5.79. The molecule has 3 heterocycles. The van der Waals surface area contributed by atoms with Gasteiger partial charge in [-0.25, -0.2) is 0 Å². The highest BCUT2D eigenvalue weighted by Gasteiger charge is 2.44. The van der Waals surface area contributed by atoms with Crippen molar-refractivity contribution in [2.24, 2.45) is 0 Å². The van der Waals surface area contributed by atoms with Crippen LogP contribution in [-0.4, -0.2) is 47.2 Å². The summed E-state index contributed by atoms with van der Waals surface area (Å²) in [5.74, 6) is -0.304. The number of ether oxygens (including phenoxy) is 1. The molecule has 144 valence electrons. The van der Waals surface area contributed by atoms with Gasteiger partial charge >= 0.3 is 0 Å². The lowest BCUT2D eigenvalue weighted by Gasteiger charge is -2.41. The number of aromatic nitrogens is 2. The van der Waals surface area contributed by atoms with E-state index in [9.17, 15) is 9.59 Å². The maximum atomic E-state index is 13.3. The molecule has 0 bridgehead atoms. The second-order valence-electron chi connectivity index (χ2n) is 6.48. The normalized spacial score (nSPS) is 18.8. The van der Waals surface area contributed by atoms with Gasteiger partial charge in [-0.1, -0.05) is 24.3 Å². The van der Waals surface area contributed by atoms with E-state index in [1.165, 1.54) is 11.3 Å². The summed E-state index contributed by atoms with van der Waals surface area (Å²) in [6.07, 6.45) is 1.58. The lowest BCUT2D eigenvalue weighted by Crippen LogP contribution is -2.47. The smallest absolute Gasteiger partial charge is 0.254 e. The molecule has 0 saturated heterocycles. The fourth-order valence-electron chi connectivity index (χ4n) is 3.62. The second-order valence-corrected chi connectivity index (χ2v) is 7.46. The molecule has 3 aromatic rings. The largest absolute Gasteiger partial charge is 0.383 e. The van der Waals surface area contributed by atoms with Gasteiger partial charge in [-0.2, -0.15) is 5.10 Å². The van der Waals surface area contributed by atoms with Crippen LogP contribution in [0.4, 0.5) is 5.82 Å². The van der Waals surface area contributed by atoms with E-state index in [1.807, 2.05) is 35.7 Å². The van der Waals surface area contributed by atoms with Gasteiger partial charge in [0.15, 0.2) is 0 Å². The number of anilines is 1. The lowest BCUT2D eigenvalue weighted by molar-refractivity contribution is -0.119. The number of thiophene rings is 1. The zero-order chi connectivity index (χ0) is 19.5. The molecule has 2 atom stereocenters. The number of fused-ring (bicyclic) bond motifs is 1. The molecule has 2 N–H and O–H groups in total. The second kappa shape index (κ2) is 7.95. The Kier molecular flexibility index (Phi) is 5.23. The first-order chi connectivity index (χ1) is 13.7. The van der Waals surface area contributed by atoms with Crippen LogP contribution in [0.1, 0.15) is 32.8 Å². The Labute approximate surface area is 166 Å². The number of carbonyl (C=O) groups is 2. The zero-order valence-corrected chi connectivity index (χ0v) is 16.1. The maximum absolute atomic E-state index is 13.3. The Morgan fingerprint density at radius 3 is 2.86 bits per heavy atom. The van der Waals surface area contributed by atoms with Crippen molar-refractivity contribution in [3.8, 4) is 0 Å².